The van der Waals surface area contributed by atoms with Gasteiger partial charge in [-0.2, -0.15) is 0 Å². The predicted octanol–water partition coefficient (Wildman–Crippen LogP) is 3.17. The number of methoxy groups -OCH3 is 1. The van der Waals surface area contributed by atoms with Crippen LogP contribution in [0, 0.1) is 13.8 Å². The average molecular weight is 299 g/mol. The maximum atomic E-state index is 5.34. The largest absolute Gasteiger partial charge is 0.496 e. The molecule has 3 rings (SSSR count). The number of hydrogen-bond donors (Lipinski definition) is 1. The van der Waals surface area contributed by atoms with E-state index in [4.69, 9.17) is 4.74 Å². The van der Waals surface area contributed by atoms with Gasteiger partial charge in [0.15, 0.2) is 0 Å². The highest BCUT2D eigenvalue weighted by Crippen LogP contribution is 2.24. The zero-order valence-electron chi connectivity index (χ0n) is 13.9. The molecule has 22 heavy (non-hydrogen) atoms. The van der Waals surface area contributed by atoms with Crippen LogP contribution in [0.15, 0.2) is 24.4 Å². The fraction of sp³-hybridized carbons (Fsp3) is 0.500. The Kier molecular flexibility index (Phi) is 4.21. The first-order valence-electron chi connectivity index (χ1n) is 8.00. The summed E-state index contributed by atoms with van der Waals surface area (Å²) in [7, 11) is 1.72. The second-order valence-electron chi connectivity index (χ2n) is 6.30. The molecule has 0 radical (unpaired) electrons. The SMILES string of the molecule is COc1ccc([C@@H](C)N[C@@H]2CCc3nc(C)cn3C2)cc1C. The lowest BCUT2D eigenvalue weighted by atomic mass is 10.0. The Hall–Kier alpha value is -1.81. The third-order valence-corrected chi connectivity index (χ3v) is 4.52. The number of aryl methyl sites for hydroxylation is 3. The summed E-state index contributed by atoms with van der Waals surface area (Å²) in [5.74, 6) is 2.18. The Balaban J connectivity index is 1.67. The molecular formula is C18H25N3O. The number of ether oxygens (including phenoxy) is 1. The smallest absolute Gasteiger partial charge is 0.121 e. The Labute approximate surface area is 132 Å². The number of benzene rings is 1. The van der Waals surface area contributed by atoms with Crippen LogP contribution in [0.25, 0.3) is 0 Å². The normalized spacial score (nSPS) is 18.8. The lowest BCUT2D eigenvalue weighted by Crippen LogP contribution is -2.38. The van der Waals surface area contributed by atoms with Gasteiger partial charge in [0.2, 0.25) is 0 Å². The van der Waals surface area contributed by atoms with Crippen LogP contribution in [0.4, 0.5) is 0 Å². The molecule has 0 fully saturated rings. The second-order valence-corrected chi connectivity index (χ2v) is 6.30. The van der Waals surface area contributed by atoms with Gasteiger partial charge in [0, 0.05) is 31.2 Å². The van der Waals surface area contributed by atoms with Gasteiger partial charge >= 0.3 is 0 Å². The van der Waals surface area contributed by atoms with E-state index in [1.807, 2.05) is 0 Å². The van der Waals surface area contributed by atoms with Crippen LogP contribution in [0.5, 0.6) is 5.75 Å². The van der Waals surface area contributed by atoms with Crippen LogP contribution in [0.1, 0.15) is 42.0 Å². The first kappa shape index (κ1) is 15.1. The minimum absolute atomic E-state index is 0.334. The van der Waals surface area contributed by atoms with Crippen molar-refractivity contribution >= 4 is 0 Å². The molecule has 1 aliphatic heterocycles. The van der Waals surface area contributed by atoms with Crippen molar-refractivity contribution in [2.24, 2.45) is 0 Å². The van der Waals surface area contributed by atoms with Crippen LogP contribution < -0.4 is 10.1 Å². The molecule has 0 saturated carbocycles. The number of hydrogen-bond acceptors (Lipinski definition) is 3. The zero-order chi connectivity index (χ0) is 15.7. The standard InChI is InChI=1S/C18H25N3O/c1-12-9-15(5-7-17(12)22-4)14(3)20-16-6-8-18-19-13(2)10-21(18)11-16/h5,7,9-10,14,16,20H,6,8,11H2,1-4H3/t14-,16-/m1/s1. The van der Waals surface area contributed by atoms with E-state index >= 15 is 0 Å². The molecule has 4 heteroatoms. The van der Waals surface area contributed by atoms with Gasteiger partial charge in [-0.25, -0.2) is 4.98 Å². The Morgan fingerprint density at radius 1 is 1.36 bits per heavy atom. The van der Waals surface area contributed by atoms with Crippen LogP contribution in [0.2, 0.25) is 0 Å². The number of rotatable bonds is 4. The fourth-order valence-electron chi connectivity index (χ4n) is 3.34. The minimum Gasteiger partial charge on any atom is -0.496 e. The molecule has 0 spiro atoms. The summed E-state index contributed by atoms with van der Waals surface area (Å²) in [6.07, 6.45) is 4.36. The molecule has 0 saturated heterocycles. The Morgan fingerprint density at radius 3 is 2.91 bits per heavy atom. The lowest BCUT2D eigenvalue weighted by Gasteiger charge is -2.28. The number of imidazole rings is 1. The van der Waals surface area contributed by atoms with E-state index in [2.05, 4.69) is 60.0 Å². The molecule has 1 aromatic carbocycles. The van der Waals surface area contributed by atoms with E-state index in [1.54, 1.807) is 7.11 Å². The van der Waals surface area contributed by atoms with Gasteiger partial charge in [0.05, 0.1) is 12.8 Å². The highest BCUT2D eigenvalue weighted by Gasteiger charge is 2.21. The highest BCUT2D eigenvalue weighted by atomic mass is 16.5. The summed E-state index contributed by atoms with van der Waals surface area (Å²) in [6.45, 7) is 7.40. The van der Waals surface area contributed by atoms with Gasteiger partial charge in [-0.15, -0.1) is 0 Å². The summed E-state index contributed by atoms with van der Waals surface area (Å²) >= 11 is 0. The van der Waals surface area contributed by atoms with Crippen molar-refractivity contribution < 1.29 is 4.74 Å². The predicted molar refractivity (Wildman–Crippen MR) is 88.4 cm³/mol. The Morgan fingerprint density at radius 2 is 2.18 bits per heavy atom. The molecule has 2 aromatic rings. The van der Waals surface area contributed by atoms with Gasteiger partial charge in [-0.1, -0.05) is 12.1 Å². The maximum absolute atomic E-state index is 5.34. The molecule has 2 heterocycles. The molecule has 0 amide bonds. The summed E-state index contributed by atoms with van der Waals surface area (Å²) in [5, 5.41) is 3.76. The van der Waals surface area contributed by atoms with Crippen LogP contribution in [-0.4, -0.2) is 22.7 Å². The van der Waals surface area contributed by atoms with Crippen molar-refractivity contribution in [2.45, 2.75) is 52.2 Å². The molecule has 0 bridgehead atoms. The van der Waals surface area contributed by atoms with Crippen molar-refractivity contribution in [1.29, 1.82) is 0 Å². The van der Waals surface area contributed by atoms with Crippen LogP contribution in [0.3, 0.4) is 0 Å². The molecule has 0 unspecified atom stereocenters. The monoisotopic (exact) mass is 299 g/mol. The van der Waals surface area contributed by atoms with E-state index in [0.29, 0.717) is 12.1 Å². The van der Waals surface area contributed by atoms with E-state index < -0.39 is 0 Å². The quantitative estimate of drug-likeness (QED) is 0.942. The molecule has 0 aliphatic carbocycles. The molecule has 1 N–H and O–H groups in total. The third-order valence-electron chi connectivity index (χ3n) is 4.52. The number of nitrogens with one attached hydrogen (secondary N) is 1. The van der Waals surface area contributed by atoms with Crippen molar-refractivity contribution in [3.63, 3.8) is 0 Å². The van der Waals surface area contributed by atoms with Crippen LogP contribution >= 0.6 is 0 Å². The zero-order valence-corrected chi connectivity index (χ0v) is 13.9. The molecule has 4 nitrogen and oxygen atoms in total. The second kappa shape index (κ2) is 6.13. The van der Waals surface area contributed by atoms with Gasteiger partial charge < -0.3 is 14.6 Å². The fourth-order valence-corrected chi connectivity index (χ4v) is 3.34. The number of nitrogens with zero attached hydrogens (tertiary/aromatic N) is 2. The Bertz CT molecular complexity index is 662. The summed E-state index contributed by atoms with van der Waals surface area (Å²) < 4.78 is 7.63. The molecular weight excluding hydrogens is 274 g/mol. The third kappa shape index (κ3) is 3.02. The first-order chi connectivity index (χ1) is 10.6. The molecule has 2 atom stereocenters. The van der Waals surface area contributed by atoms with Crippen LogP contribution in [-0.2, 0) is 13.0 Å². The number of aromatic nitrogens is 2. The molecule has 118 valence electrons. The van der Waals surface area contributed by atoms with Crippen molar-refractivity contribution in [1.82, 2.24) is 14.9 Å². The van der Waals surface area contributed by atoms with Gasteiger partial charge in [0.1, 0.15) is 11.6 Å². The van der Waals surface area contributed by atoms with Crippen molar-refractivity contribution in [3.8, 4) is 5.75 Å². The van der Waals surface area contributed by atoms with E-state index in [9.17, 15) is 0 Å². The van der Waals surface area contributed by atoms with Gasteiger partial charge in [-0.3, -0.25) is 0 Å². The summed E-state index contributed by atoms with van der Waals surface area (Å²) in [5.41, 5.74) is 3.62. The summed E-state index contributed by atoms with van der Waals surface area (Å²) in [4.78, 5) is 4.57. The maximum Gasteiger partial charge on any atom is 0.121 e. The van der Waals surface area contributed by atoms with Crippen molar-refractivity contribution in [3.05, 3.63) is 47.0 Å². The highest BCUT2D eigenvalue weighted by molar-refractivity contribution is 5.37. The number of fused-ring (bicyclic) bond motifs is 1. The molecule has 1 aliphatic rings. The minimum atomic E-state index is 0.334. The van der Waals surface area contributed by atoms with Gasteiger partial charge in [-0.05, 0) is 44.4 Å². The van der Waals surface area contributed by atoms with E-state index in [-0.39, 0.29) is 0 Å². The van der Waals surface area contributed by atoms with E-state index in [1.165, 1.54) is 17.0 Å². The lowest BCUT2D eigenvalue weighted by molar-refractivity contribution is 0.351. The van der Waals surface area contributed by atoms with Crippen molar-refractivity contribution in [2.75, 3.05) is 7.11 Å². The average Bonchev–Trinajstić information content (AvgIpc) is 2.86. The topological polar surface area (TPSA) is 39.1 Å². The first-order valence-corrected chi connectivity index (χ1v) is 8.00. The van der Waals surface area contributed by atoms with Gasteiger partial charge in [0.25, 0.3) is 0 Å². The van der Waals surface area contributed by atoms with E-state index in [0.717, 1.165) is 30.8 Å². The molecule has 1 aromatic heterocycles. The summed E-state index contributed by atoms with van der Waals surface area (Å²) in [6, 6.07) is 7.26.